The van der Waals surface area contributed by atoms with Crippen LogP contribution in [0.25, 0.3) is 0 Å². The Morgan fingerprint density at radius 3 is 2.40 bits per heavy atom. The quantitative estimate of drug-likeness (QED) is 0.553. The molecule has 58 valence electrons. The lowest BCUT2D eigenvalue weighted by molar-refractivity contribution is -0.146. The molecule has 0 bridgehead atoms. The average Bonchev–Trinajstić information content (AvgIpc) is 1.85. The molecule has 0 aliphatic carbocycles. The molecule has 2 N–H and O–H groups in total. The fraction of sp³-hybridized carbons (Fsp3) is 0.667. The van der Waals surface area contributed by atoms with Crippen LogP contribution in [0, 0.1) is 5.92 Å². The zero-order valence-corrected chi connectivity index (χ0v) is 6.09. The molecule has 0 saturated heterocycles. The van der Waals surface area contributed by atoms with E-state index in [0.29, 0.717) is 0 Å². The van der Waals surface area contributed by atoms with Crippen LogP contribution in [-0.2, 0) is 14.3 Å². The summed E-state index contributed by atoms with van der Waals surface area (Å²) in [4.78, 5) is 20.9. The van der Waals surface area contributed by atoms with Gasteiger partial charge in [-0.05, 0) is 0 Å². The van der Waals surface area contributed by atoms with Crippen LogP contribution in [-0.4, -0.2) is 19.0 Å². The molecule has 10 heavy (non-hydrogen) atoms. The Hall–Kier alpha value is -1.06. The molecule has 0 aromatic rings. The first-order chi connectivity index (χ1) is 4.57. The number of hydrogen-bond donors (Lipinski definition) is 1. The van der Waals surface area contributed by atoms with Crippen molar-refractivity contribution >= 4 is 11.9 Å². The van der Waals surface area contributed by atoms with E-state index in [4.69, 9.17) is 5.73 Å². The molecule has 0 rings (SSSR count). The number of primary amides is 1. The predicted molar refractivity (Wildman–Crippen MR) is 35.0 cm³/mol. The lowest BCUT2D eigenvalue weighted by Gasteiger charge is -2.04. The van der Waals surface area contributed by atoms with Gasteiger partial charge in [-0.15, -0.1) is 0 Å². The van der Waals surface area contributed by atoms with Gasteiger partial charge in [0, 0.05) is 6.42 Å². The van der Waals surface area contributed by atoms with E-state index in [-0.39, 0.29) is 6.42 Å². The minimum absolute atomic E-state index is 0.0483. The molecule has 0 spiro atoms. The topological polar surface area (TPSA) is 69.4 Å². The van der Waals surface area contributed by atoms with E-state index in [9.17, 15) is 9.59 Å². The summed E-state index contributed by atoms with van der Waals surface area (Å²) in [6.45, 7) is 1.59. The molecule has 0 aliphatic heterocycles. The summed E-state index contributed by atoms with van der Waals surface area (Å²) in [5, 5.41) is 0. The van der Waals surface area contributed by atoms with E-state index >= 15 is 0 Å². The fourth-order valence-corrected chi connectivity index (χ4v) is 0.586. The van der Waals surface area contributed by atoms with E-state index in [1.54, 1.807) is 6.92 Å². The van der Waals surface area contributed by atoms with Gasteiger partial charge >= 0.3 is 5.97 Å². The highest BCUT2D eigenvalue weighted by Gasteiger charge is 2.14. The highest BCUT2D eigenvalue weighted by Crippen LogP contribution is 2.01. The molecule has 1 amide bonds. The summed E-state index contributed by atoms with van der Waals surface area (Å²) in [5.41, 5.74) is 4.84. The number of carbonyl (C=O) groups is 2. The third-order valence-corrected chi connectivity index (χ3v) is 1.11. The van der Waals surface area contributed by atoms with Crippen LogP contribution in [0.2, 0.25) is 0 Å². The second kappa shape index (κ2) is 3.87. The molecule has 0 saturated carbocycles. The number of ether oxygens (including phenoxy) is 1. The number of methoxy groups -OCH3 is 1. The third kappa shape index (κ3) is 3.06. The normalized spacial score (nSPS) is 12.2. The summed E-state index contributed by atoms with van der Waals surface area (Å²) in [6.07, 6.45) is 0.0483. The zero-order chi connectivity index (χ0) is 8.15. The molecule has 0 heterocycles. The van der Waals surface area contributed by atoms with Crippen LogP contribution in [0.5, 0.6) is 0 Å². The number of amides is 1. The number of hydrogen-bond acceptors (Lipinski definition) is 3. The number of carbonyl (C=O) groups excluding carboxylic acids is 2. The summed E-state index contributed by atoms with van der Waals surface area (Å²) in [7, 11) is 1.28. The van der Waals surface area contributed by atoms with Crippen molar-refractivity contribution in [2.45, 2.75) is 13.3 Å². The van der Waals surface area contributed by atoms with Gasteiger partial charge in [0.2, 0.25) is 5.91 Å². The number of rotatable bonds is 3. The van der Waals surface area contributed by atoms with Crippen LogP contribution in [0.15, 0.2) is 0 Å². The molecule has 1 unspecified atom stereocenters. The lowest BCUT2D eigenvalue weighted by atomic mass is 10.1. The van der Waals surface area contributed by atoms with Gasteiger partial charge in [0.05, 0.1) is 13.0 Å². The lowest BCUT2D eigenvalue weighted by Crippen LogP contribution is -2.21. The van der Waals surface area contributed by atoms with Gasteiger partial charge in [-0.25, -0.2) is 0 Å². The van der Waals surface area contributed by atoms with Crippen molar-refractivity contribution in [2.24, 2.45) is 11.7 Å². The second-order valence-corrected chi connectivity index (χ2v) is 2.09. The Balaban J connectivity index is 3.72. The summed E-state index contributed by atoms with van der Waals surface area (Å²) in [5.74, 6) is -1.32. The van der Waals surface area contributed by atoms with E-state index < -0.39 is 17.8 Å². The Morgan fingerprint density at radius 1 is 1.60 bits per heavy atom. The molecule has 0 fully saturated rings. The van der Waals surface area contributed by atoms with Gasteiger partial charge in [-0.2, -0.15) is 0 Å². The molecule has 0 aromatic heterocycles. The SMILES string of the molecule is COC(=O)C(C)CC(N)=O. The van der Waals surface area contributed by atoms with Gasteiger partial charge in [-0.1, -0.05) is 6.92 Å². The predicted octanol–water partition coefficient (Wildman–Crippen LogP) is -0.329. The van der Waals surface area contributed by atoms with Gasteiger partial charge < -0.3 is 10.5 Å². The number of nitrogens with two attached hydrogens (primary N) is 1. The van der Waals surface area contributed by atoms with Crippen LogP contribution in [0.3, 0.4) is 0 Å². The van der Waals surface area contributed by atoms with Crippen molar-refractivity contribution < 1.29 is 14.3 Å². The standard InChI is InChI=1S/C6H11NO3/c1-4(3-5(7)8)6(9)10-2/h4H,3H2,1-2H3,(H2,7,8). The van der Waals surface area contributed by atoms with Gasteiger partial charge in [0.15, 0.2) is 0 Å². The maximum Gasteiger partial charge on any atom is 0.308 e. The van der Waals surface area contributed by atoms with Crippen LogP contribution >= 0.6 is 0 Å². The van der Waals surface area contributed by atoms with Crippen LogP contribution in [0.4, 0.5) is 0 Å². The van der Waals surface area contributed by atoms with E-state index in [1.165, 1.54) is 7.11 Å². The molecular formula is C6H11NO3. The third-order valence-electron chi connectivity index (χ3n) is 1.11. The highest BCUT2D eigenvalue weighted by atomic mass is 16.5. The van der Waals surface area contributed by atoms with Crippen molar-refractivity contribution in [3.05, 3.63) is 0 Å². The van der Waals surface area contributed by atoms with Gasteiger partial charge in [0.1, 0.15) is 0 Å². The minimum atomic E-state index is -0.488. The maximum absolute atomic E-state index is 10.6. The highest BCUT2D eigenvalue weighted by molar-refractivity contribution is 5.81. The van der Waals surface area contributed by atoms with Crippen molar-refractivity contribution in [3.63, 3.8) is 0 Å². The first-order valence-electron chi connectivity index (χ1n) is 2.94. The summed E-state index contributed by atoms with van der Waals surface area (Å²) in [6, 6.07) is 0. The molecule has 0 aromatic carbocycles. The van der Waals surface area contributed by atoms with Gasteiger partial charge in [0.25, 0.3) is 0 Å². The molecule has 4 nitrogen and oxygen atoms in total. The second-order valence-electron chi connectivity index (χ2n) is 2.09. The maximum atomic E-state index is 10.6. The van der Waals surface area contributed by atoms with Crippen molar-refractivity contribution in [1.82, 2.24) is 0 Å². The Labute approximate surface area is 59.3 Å². The van der Waals surface area contributed by atoms with E-state index in [2.05, 4.69) is 4.74 Å². The van der Waals surface area contributed by atoms with Crippen LogP contribution in [0.1, 0.15) is 13.3 Å². The Bertz CT molecular complexity index is 144. The van der Waals surface area contributed by atoms with Crippen molar-refractivity contribution in [1.29, 1.82) is 0 Å². The summed E-state index contributed by atoms with van der Waals surface area (Å²) < 4.78 is 4.37. The van der Waals surface area contributed by atoms with Gasteiger partial charge in [-0.3, -0.25) is 9.59 Å². The first-order valence-corrected chi connectivity index (χ1v) is 2.94. The van der Waals surface area contributed by atoms with Crippen molar-refractivity contribution in [3.8, 4) is 0 Å². The van der Waals surface area contributed by atoms with E-state index in [1.807, 2.05) is 0 Å². The molecule has 0 radical (unpaired) electrons. The smallest absolute Gasteiger partial charge is 0.308 e. The minimum Gasteiger partial charge on any atom is -0.469 e. The monoisotopic (exact) mass is 145 g/mol. The summed E-state index contributed by atoms with van der Waals surface area (Å²) >= 11 is 0. The Morgan fingerprint density at radius 2 is 2.10 bits per heavy atom. The Kier molecular flexibility index (Phi) is 3.46. The largest absolute Gasteiger partial charge is 0.469 e. The average molecular weight is 145 g/mol. The molecule has 0 aliphatic rings. The molecule has 4 heteroatoms. The molecule has 1 atom stereocenters. The van der Waals surface area contributed by atoms with Crippen LogP contribution < -0.4 is 5.73 Å². The first kappa shape index (κ1) is 8.94. The fourth-order valence-electron chi connectivity index (χ4n) is 0.586. The zero-order valence-electron chi connectivity index (χ0n) is 6.09. The molecular weight excluding hydrogens is 134 g/mol. The van der Waals surface area contributed by atoms with E-state index in [0.717, 1.165) is 0 Å². The van der Waals surface area contributed by atoms with Crippen molar-refractivity contribution in [2.75, 3.05) is 7.11 Å². The number of esters is 1.